The summed E-state index contributed by atoms with van der Waals surface area (Å²) in [4.78, 5) is 10.3. The zero-order valence-electron chi connectivity index (χ0n) is 6.60. The Bertz CT molecular complexity index is 224. The van der Waals surface area contributed by atoms with Crippen molar-refractivity contribution in [3.8, 4) is 0 Å². The zero-order valence-corrected chi connectivity index (χ0v) is 6.60. The quantitative estimate of drug-likeness (QED) is 0.492. The first kappa shape index (κ1) is 10.0. The predicted octanol–water partition coefficient (Wildman–Crippen LogP) is 0.620. The van der Waals surface area contributed by atoms with Gasteiger partial charge in [0.2, 0.25) is 0 Å². The summed E-state index contributed by atoms with van der Waals surface area (Å²) in [6.45, 7) is 0.804. The highest BCUT2D eigenvalue weighted by Crippen LogP contribution is 2.17. The molecule has 1 aliphatic heterocycles. The van der Waals surface area contributed by atoms with Crippen LogP contribution in [0.5, 0.6) is 0 Å². The van der Waals surface area contributed by atoms with E-state index >= 15 is 0 Å². The summed E-state index contributed by atoms with van der Waals surface area (Å²) in [7, 11) is 0. The van der Waals surface area contributed by atoms with Crippen LogP contribution in [0.25, 0.3) is 0 Å². The van der Waals surface area contributed by atoms with Gasteiger partial charge in [0.05, 0.1) is 0 Å². The van der Waals surface area contributed by atoms with Gasteiger partial charge < -0.3 is 10.1 Å². The first-order chi connectivity index (χ1) is 6.00. The fourth-order valence-electron chi connectivity index (χ4n) is 0.882. The lowest BCUT2D eigenvalue weighted by Crippen LogP contribution is -2.37. The standard InChI is InChI=1S/C7H8F3NO2/c8-7(9,10)6(12)13-5-2-1-3-11-4-5/h1-2,5,11H,3-4H2. The van der Waals surface area contributed by atoms with Crippen LogP contribution in [0.2, 0.25) is 0 Å². The Hall–Kier alpha value is -1.04. The van der Waals surface area contributed by atoms with Crippen molar-refractivity contribution in [1.82, 2.24) is 5.32 Å². The molecule has 1 rings (SSSR count). The number of hydrogen-bond acceptors (Lipinski definition) is 3. The number of ether oxygens (including phenoxy) is 1. The molecule has 6 heteroatoms. The SMILES string of the molecule is O=C(OC1C=CCNC1)C(F)(F)F. The van der Waals surface area contributed by atoms with Crippen molar-refractivity contribution in [2.24, 2.45) is 0 Å². The molecule has 1 atom stereocenters. The molecular weight excluding hydrogens is 187 g/mol. The number of carbonyl (C=O) groups excluding carboxylic acids is 1. The molecule has 0 aromatic carbocycles. The smallest absolute Gasteiger partial charge is 0.450 e. The monoisotopic (exact) mass is 195 g/mol. The molecule has 1 aliphatic rings. The first-order valence-electron chi connectivity index (χ1n) is 3.65. The van der Waals surface area contributed by atoms with Gasteiger partial charge in [0, 0.05) is 13.1 Å². The maximum absolute atomic E-state index is 11.7. The topological polar surface area (TPSA) is 38.3 Å². The highest BCUT2D eigenvalue weighted by atomic mass is 19.4. The molecule has 0 aromatic heterocycles. The van der Waals surface area contributed by atoms with E-state index in [0.29, 0.717) is 6.54 Å². The third kappa shape index (κ3) is 3.06. The molecule has 0 saturated heterocycles. The summed E-state index contributed by atoms with van der Waals surface area (Å²) < 4.78 is 39.2. The van der Waals surface area contributed by atoms with Crippen molar-refractivity contribution < 1.29 is 22.7 Å². The second-order valence-electron chi connectivity index (χ2n) is 2.53. The second kappa shape index (κ2) is 3.78. The van der Waals surface area contributed by atoms with Gasteiger partial charge in [0.25, 0.3) is 0 Å². The van der Waals surface area contributed by atoms with Crippen LogP contribution >= 0.6 is 0 Å². The maximum atomic E-state index is 11.7. The number of esters is 1. The summed E-state index contributed by atoms with van der Waals surface area (Å²) in [5.74, 6) is -2.15. The first-order valence-corrected chi connectivity index (χ1v) is 3.65. The van der Waals surface area contributed by atoms with E-state index in [1.807, 2.05) is 0 Å². The molecular formula is C7H8F3NO2. The van der Waals surface area contributed by atoms with E-state index in [9.17, 15) is 18.0 Å². The average Bonchev–Trinajstić information content (AvgIpc) is 2.04. The third-order valence-electron chi connectivity index (χ3n) is 1.45. The third-order valence-corrected chi connectivity index (χ3v) is 1.45. The van der Waals surface area contributed by atoms with Crippen LogP contribution in [-0.2, 0) is 9.53 Å². The summed E-state index contributed by atoms with van der Waals surface area (Å²) in [6.07, 6.45) is -2.69. The Morgan fingerprint density at radius 2 is 2.23 bits per heavy atom. The van der Waals surface area contributed by atoms with Crippen LogP contribution in [0.15, 0.2) is 12.2 Å². The predicted molar refractivity (Wildman–Crippen MR) is 37.9 cm³/mol. The van der Waals surface area contributed by atoms with Gasteiger partial charge >= 0.3 is 12.1 Å². The summed E-state index contributed by atoms with van der Waals surface area (Å²) >= 11 is 0. The lowest BCUT2D eigenvalue weighted by molar-refractivity contribution is -0.202. The van der Waals surface area contributed by atoms with E-state index in [0.717, 1.165) is 0 Å². The molecule has 1 heterocycles. The molecule has 0 amide bonds. The molecule has 0 fully saturated rings. The Kier molecular flexibility index (Phi) is 2.92. The van der Waals surface area contributed by atoms with E-state index in [4.69, 9.17) is 0 Å². The molecule has 0 spiro atoms. The van der Waals surface area contributed by atoms with Crippen LogP contribution in [0.3, 0.4) is 0 Å². The number of rotatable bonds is 1. The molecule has 13 heavy (non-hydrogen) atoms. The minimum Gasteiger partial charge on any atom is -0.450 e. The molecule has 0 bridgehead atoms. The van der Waals surface area contributed by atoms with Crippen molar-refractivity contribution in [1.29, 1.82) is 0 Å². The highest BCUT2D eigenvalue weighted by Gasteiger charge is 2.42. The summed E-state index contributed by atoms with van der Waals surface area (Å²) in [5, 5.41) is 2.76. The normalized spacial score (nSPS) is 22.8. The van der Waals surface area contributed by atoms with Crippen LogP contribution in [0.4, 0.5) is 13.2 Å². The van der Waals surface area contributed by atoms with Crippen molar-refractivity contribution in [3.63, 3.8) is 0 Å². The minimum atomic E-state index is -4.91. The molecule has 1 N–H and O–H groups in total. The number of hydrogen-bond donors (Lipinski definition) is 1. The minimum absolute atomic E-state index is 0.221. The van der Waals surface area contributed by atoms with Gasteiger partial charge in [0.15, 0.2) is 0 Å². The molecule has 0 aromatic rings. The van der Waals surface area contributed by atoms with Crippen LogP contribution < -0.4 is 5.32 Å². The molecule has 1 unspecified atom stereocenters. The second-order valence-corrected chi connectivity index (χ2v) is 2.53. The van der Waals surface area contributed by atoms with E-state index < -0.39 is 18.2 Å². The van der Waals surface area contributed by atoms with Gasteiger partial charge in [-0.3, -0.25) is 0 Å². The maximum Gasteiger partial charge on any atom is 0.490 e. The number of alkyl halides is 3. The molecule has 3 nitrogen and oxygen atoms in total. The Morgan fingerprint density at radius 1 is 1.54 bits per heavy atom. The van der Waals surface area contributed by atoms with Gasteiger partial charge in [-0.15, -0.1) is 0 Å². The van der Waals surface area contributed by atoms with E-state index in [2.05, 4.69) is 10.1 Å². The fraction of sp³-hybridized carbons (Fsp3) is 0.571. The van der Waals surface area contributed by atoms with Gasteiger partial charge in [-0.2, -0.15) is 13.2 Å². The van der Waals surface area contributed by atoms with Crippen LogP contribution in [-0.4, -0.2) is 31.3 Å². The molecule has 0 saturated carbocycles. The zero-order chi connectivity index (χ0) is 9.90. The van der Waals surface area contributed by atoms with E-state index in [1.54, 1.807) is 6.08 Å². The molecule has 0 aliphatic carbocycles. The Balaban J connectivity index is 2.44. The van der Waals surface area contributed by atoms with Crippen molar-refractivity contribution in [3.05, 3.63) is 12.2 Å². The number of nitrogens with one attached hydrogen (secondary N) is 1. The number of carbonyl (C=O) groups is 1. The lowest BCUT2D eigenvalue weighted by Gasteiger charge is -2.18. The van der Waals surface area contributed by atoms with Crippen molar-refractivity contribution >= 4 is 5.97 Å². The molecule has 74 valence electrons. The van der Waals surface area contributed by atoms with Crippen LogP contribution in [0.1, 0.15) is 0 Å². The fourth-order valence-corrected chi connectivity index (χ4v) is 0.882. The van der Waals surface area contributed by atoms with Gasteiger partial charge in [-0.25, -0.2) is 4.79 Å². The van der Waals surface area contributed by atoms with Crippen LogP contribution in [0, 0.1) is 0 Å². The molecule has 0 radical (unpaired) electrons. The average molecular weight is 195 g/mol. The number of halogens is 3. The van der Waals surface area contributed by atoms with E-state index in [-0.39, 0.29) is 6.54 Å². The summed E-state index contributed by atoms with van der Waals surface area (Å²) in [5.41, 5.74) is 0. The van der Waals surface area contributed by atoms with Gasteiger partial charge in [-0.05, 0) is 6.08 Å². The van der Waals surface area contributed by atoms with Crippen molar-refractivity contribution in [2.45, 2.75) is 12.3 Å². The van der Waals surface area contributed by atoms with Gasteiger partial charge in [0.1, 0.15) is 6.10 Å². The Morgan fingerprint density at radius 3 is 2.69 bits per heavy atom. The lowest BCUT2D eigenvalue weighted by atomic mass is 10.2. The summed E-state index contributed by atoms with van der Waals surface area (Å²) in [6, 6.07) is 0. The van der Waals surface area contributed by atoms with Gasteiger partial charge in [-0.1, -0.05) is 6.08 Å². The van der Waals surface area contributed by atoms with E-state index in [1.165, 1.54) is 6.08 Å². The van der Waals surface area contributed by atoms with Crippen molar-refractivity contribution in [2.75, 3.05) is 13.1 Å². The highest BCUT2D eigenvalue weighted by molar-refractivity contribution is 5.75. The Labute approximate surface area is 72.6 Å². The largest absolute Gasteiger partial charge is 0.490 e.